The zero-order valence-corrected chi connectivity index (χ0v) is 11.5. The molecule has 0 heterocycles. The fourth-order valence-electron chi connectivity index (χ4n) is 1.54. The Bertz CT molecular complexity index is 512. The van der Waals surface area contributed by atoms with Gasteiger partial charge in [-0.05, 0) is 25.5 Å². The largest absolute Gasteiger partial charge is 0.497 e. The third-order valence-corrected chi connectivity index (χ3v) is 2.54. The topological polar surface area (TPSA) is 87.7 Å². The van der Waals surface area contributed by atoms with Gasteiger partial charge in [-0.2, -0.15) is 0 Å². The van der Waals surface area contributed by atoms with Crippen LogP contribution < -0.4 is 15.4 Å². The molecule has 2 amide bonds. The van der Waals surface area contributed by atoms with Crippen LogP contribution in [0.3, 0.4) is 0 Å². The number of benzene rings is 1. The number of ether oxygens (including phenoxy) is 1. The first-order valence-corrected chi connectivity index (χ1v) is 6.15. The number of allylic oxidation sites excluding steroid dienone is 1. The van der Waals surface area contributed by atoms with Gasteiger partial charge in [0.15, 0.2) is 0 Å². The Morgan fingerprint density at radius 3 is 2.75 bits per heavy atom. The highest BCUT2D eigenvalue weighted by Gasteiger charge is 2.13. The molecule has 0 aromatic heterocycles. The number of carbonyl (C=O) groups excluding carboxylic acids is 1. The lowest BCUT2D eigenvalue weighted by molar-refractivity contribution is 0.0698. The molecule has 0 fully saturated rings. The Kier molecular flexibility index (Phi) is 6.09. The number of methoxy groups -OCH3 is 1. The lowest BCUT2D eigenvalue weighted by Crippen LogP contribution is -2.30. The van der Waals surface area contributed by atoms with Crippen molar-refractivity contribution in [3.8, 4) is 5.75 Å². The number of aromatic carboxylic acids is 1. The van der Waals surface area contributed by atoms with Crippen LogP contribution in [0.4, 0.5) is 10.5 Å². The molecule has 0 radical (unpaired) electrons. The van der Waals surface area contributed by atoms with Crippen molar-refractivity contribution in [2.75, 3.05) is 19.0 Å². The van der Waals surface area contributed by atoms with Crippen molar-refractivity contribution in [1.29, 1.82) is 0 Å². The van der Waals surface area contributed by atoms with E-state index in [9.17, 15) is 9.59 Å². The average molecular weight is 278 g/mol. The highest BCUT2D eigenvalue weighted by Crippen LogP contribution is 2.22. The smallest absolute Gasteiger partial charge is 0.337 e. The summed E-state index contributed by atoms with van der Waals surface area (Å²) in [5.74, 6) is -0.643. The first kappa shape index (κ1) is 15.6. The second kappa shape index (κ2) is 7.83. The molecular weight excluding hydrogens is 260 g/mol. The molecule has 0 saturated heterocycles. The zero-order valence-electron chi connectivity index (χ0n) is 11.5. The Labute approximate surface area is 117 Å². The van der Waals surface area contributed by atoms with Gasteiger partial charge in [0.25, 0.3) is 0 Å². The molecule has 0 bridgehead atoms. The van der Waals surface area contributed by atoms with E-state index >= 15 is 0 Å². The van der Waals surface area contributed by atoms with Crippen molar-refractivity contribution in [2.24, 2.45) is 0 Å². The number of carboxylic acids is 1. The van der Waals surface area contributed by atoms with E-state index in [4.69, 9.17) is 9.84 Å². The Morgan fingerprint density at radius 2 is 2.15 bits per heavy atom. The van der Waals surface area contributed by atoms with Gasteiger partial charge in [-0.25, -0.2) is 9.59 Å². The van der Waals surface area contributed by atoms with E-state index < -0.39 is 12.0 Å². The van der Waals surface area contributed by atoms with Crippen LogP contribution in [-0.4, -0.2) is 30.8 Å². The molecule has 108 valence electrons. The summed E-state index contributed by atoms with van der Waals surface area (Å²) < 4.78 is 5.01. The van der Waals surface area contributed by atoms with Gasteiger partial charge in [0, 0.05) is 12.6 Å². The summed E-state index contributed by atoms with van der Waals surface area (Å²) >= 11 is 0. The van der Waals surface area contributed by atoms with Gasteiger partial charge in [0.2, 0.25) is 0 Å². The number of urea groups is 1. The Morgan fingerprint density at radius 1 is 1.40 bits per heavy atom. The number of carbonyl (C=O) groups is 2. The van der Waals surface area contributed by atoms with E-state index in [1.54, 1.807) is 0 Å². The third-order valence-electron chi connectivity index (χ3n) is 2.54. The lowest BCUT2D eigenvalue weighted by Gasteiger charge is -2.11. The predicted octanol–water partition coefficient (Wildman–Crippen LogP) is 2.48. The highest BCUT2D eigenvalue weighted by atomic mass is 16.5. The summed E-state index contributed by atoms with van der Waals surface area (Å²) in [5.41, 5.74) is 0.204. The second-order valence-electron chi connectivity index (χ2n) is 3.96. The molecule has 0 saturated carbocycles. The van der Waals surface area contributed by atoms with Crippen molar-refractivity contribution in [3.63, 3.8) is 0 Å². The van der Waals surface area contributed by atoms with Crippen LogP contribution in [0.2, 0.25) is 0 Å². The Hall–Kier alpha value is -2.50. The van der Waals surface area contributed by atoms with Gasteiger partial charge >= 0.3 is 12.0 Å². The lowest BCUT2D eigenvalue weighted by atomic mass is 10.1. The summed E-state index contributed by atoms with van der Waals surface area (Å²) in [6, 6.07) is 3.93. The summed E-state index contributed by atoms with van der Waals surface area (Å²) in [6.45, 7) is 2.37. The van der Waals surface area contributed by atoms with E-state index in [0.717, 1.165) is 0 Å². The van der Waals surface area contributed by atoms with Crippen LogP contribution in [0.25, 0.3) is 0 Å². The van der Waals surface area contributed by atoms with Gasteiger partial charge < -0.3 is 20.5 Å². The molecular formula is C14H18N2O4. The number of anilines is 1. The molecule has 0 unspecified atom stereocenters. The first-order valence-electron chi connectivity index (χ1n) is 6.15. The quantitative estimate of drug-likeness (QED) is 0.551. The summed E-state index contributed by atoms with van der Waals surface area (Å²) in [7, 11) is 1.47. The van der Waals surface area contributed by atoms with Crippen molar-refractivity contribution < 1.29 is 19.4 Å². The van der Waals surface area contributed by atoms with Gasteiger partial charge in [-0.1, -0.05) is 12.2 Å². The molecule has 6 nitrogen and oxygen atoms in total. The van der Waals surface area contributed by atoms with Crippen LogP contribution in [-0.2, 0) is 0 Å². The molecule has 20 heavy (non-hydrogen) atoms. The fourth-order valence-corrected chi connectivity index (χ4v) is 1.54. The van der Waals surface area contributed by atoms with Gasteiger partial charge in [0.1, 0.15) is 5.75 Å². The predicted molar refractivity (Wildman–Crippen MR) is 76.4 cm³/mol. The van der Waals surface area contributed by atoms with Crippen molar-refractivity contribution in [2.45, 2.75) is 13.3 Å². The maximum absolute atomic E-state index is 11.7. The molecule has 6 heteroatoms. The normalized spacial score (nSPS) is 10.3. The number of hydrogen-bond acceptors (Lipinski definition) is 3. The van der Waals surface area contributed by atoms with Crippen molar-refractivity contribution >= 4 is 17.7 Å². The van der Waals surface area contributed by atoms with Crippen LogP contribution in [0.1, 0.15) is 23.7 Å². The van der Waals surface area contributed by atoms with Gasteiger partial charge in [-0.15, -0.1) is 0 Å². The molecule has 0 aliphatic rings. The molecule has 0 atom stereocenters. The van der Waals surface area contributed by atoms with Crippen LogP contribution in [0, 0.1) is 0 Å². The molecule has 0 aliphatic carbocycles. The average Bonchev–Trinajstić information content (AvgIpc) is 2.43. The molecule has 0 aliphatic heterocycles. The number of hydrogen-bond donors (Lipinski definition) is 3. The third kappa shape index (κ3) is 4.64. The SMILES string of the molecule is C/C=C/CCNC(=O)Nc1cc(OC)ccc1C(=O)O. The second-order valence-corrected chi connectivity index (χ2v) is 3.96. The van der Waals surface area contributed by atoms with E-state index in [2.05, 4.69) is 10.6 Å². The molecule has 3 N–H and O–H groups in total. The number of amides is 2. The maximum atomic E-state index is 11.7. The van der Waals surface area contributed by atoms with E-state index in [1.807, 2.05) is 19.1 Å². The van der Waals surface area contributed by atoms with Crippen LogP contribution >= 0.6 is 0 Å². The van der Waals surface area contributed by atoms with Crippen molar-refractivity contribution in [1.82, 2.24) is 5.32 Å². The number of carboxylic acid groups (broad SMARTS) is 1. The number of nitrogens with one attached hydrogen (secondary N) is 2. The van der Waals surface area contributed by atoms with Crippen molar-refractivity contribution in [3.05, 3.63) is 35.9 Å². The van der Waals surface area contributed by atoms with Crippen LogP contribution in [0.15, 0.2) is 30.4 Å². The molecule has 1 rings (SSSR count). The fraction of sp³-hybridized carbons (Fsp3) is 0.286. The minimum absolute atomic E-state index is 0.00871. The van der Waals surface area contributed by atoms with E-state index in [0.29, 0.717) is 18.7 Å². The van der Waals surface area contributed by atoms with Crippen LogP contribution in [0.5, 0.6) is 5.75 Å². The Balaban J connectivity index is 2.74. The molecule has 1 aromatic rings. The number of rotatable bonds is 6. The van der Waals surface area contributed by atoms with E-state index in [1.165, 1.54) is 25.3 Å². The summed E-state index contributed by atoms with van der Waals surface area (Å²) in [6.07, 6.45) is 4.53. The maximum Gasteiger partial charge on any atom is 0.337 e. The minimum Gasteiger partial charge on any atom is -0.497 e. The standard InChI is InChI=1S/C14H18N2O4/c1-3-4-5-8-15-14(19)16-12-9-10(20-2)6-7-11(12)13(17)18/h3-4,6-7,9H,5,8H2,1-2H3,(H,17,18)(H2,15,16,19)/b4-3+. The van der Waals surface area contributed by atoms with E-state index in [-0.39, 0.29) is 11.3 Å². The van der Waals surface area contributed by atoms with Gasteiger partial charge in [-0.3, -0.25) is 0 Å². The van der Waals surface area contributed by atoms with Gasteiger partial charge in [0.05, 0.1) is 18.4 Å². The molecule has 1 aromatic carbocycles. The highest BCUT2D eigenvalue weighted by molar-refractivity contribution is 6.00. The summed E-state index contributed by atoms with van der Waals surface area (Å²) in [5, 5.41) is 14.2. The molecule has 0 spiro atoms. The monoisotopic (exact) mass is 278 g/mol. The minimum atomic E-state index is -1.11. The first-order chi connectivity index (χ1) is 9.58. The zero-order chi connectivity index (χ0) is 15.0. The summed E-state index contributed by atoms with van der Waals surface area (Å²) in [4.78, 5) is 22.8.